The van der Waals surface area contributed by atoms with Crippen LogP contribution in [0.5, 0.6) is 5.75 Å². The van der Waals surface area contributed by atoms with Crippen molar-refractivity contribution in [3.05, 3.63) is 111 Å². The molecule has 8 nitrogen and oxygen atoms in total. The number of allylic oxidation sites excluding steroid dienone is 1. The van der Waals surface area contributed by atoms with Gasteiger partial charge in [0.25, 0.3) is 5.91 Å². The molecule has 2 aliphatic rings. The second kappa shape index (κ2) is 12.9. The number of hydrogen-bond donors (Lipinski definition) is 2. The molecule has 0 radical (unpaired) electrons. The number of thiazole rings is 1. The number of aromatic nitrogens is 1. The Balaban J connectivity index is 0.000000169. The third-order valence-corrected chi connectivity index (χ3v) is 8.23. The van der Waals surface area contributed by atoms with Crippen molar-refractivity contribution in [2.45, 2.75) is 13.0 Å². The number of nitrogens with one attached hydrogen (secondary N) is 2. The van der Waals surface area contributed by atoms with E-state index in [0.717, 1.165) is 17.3 Å². The first kappa shape index (κ1) is 28.3. The predicted molar refractivity (Wildman–Crippen MR) is 162 cm³/mol. The van der Waals surface area contributed by atoms with E-state index >= 15 is 0 Å². The summed E-state index contributed by atoms with van der Waals surface area (Å²) in [6.07, 6.45) is 6.68. The van der Waals surface area contributed by atoms with Crippen LogP contribution in [0, 0.1) is 16.6 Å². The average Bonchev–Trinajstić information content (AvgIpc) is 3.76. The van der Waals surface area contributed by atoms with E-state index in [4.69, 9.17) is 20.0 Å². The number of anilines is 1. The van der Waals surface area contributed by atoms with Gasteiger partial charge in [-0.25, -0.2) is 14.3 Å². The molecule has 2 fully saturated rings. The molecule has 0 aliphatic carbocycles. The Morgan fingerprint density at radius 3 is 2.51 bits per heavy atom. The third-order valence-electron chi connectivity index (χ3n) is 5.63. The lowest BCUT2D eigenvalue weighted by Crippen LogP contribution is -2.27. The summed E-state index contributed by atoms with van der Waals surface area (Å²) < 4.78 is 24.5. The Morgan fingerprint density at radius 2 is 1.80 bits per heavy atom. The van der Waals surface area contributed by atoms with Gasteiger partial charge in [-0.3, -0.25) is 20.4 Å². The van der Waals surface area contributed by atoms with Gasteiger partial charge in [-0.05, 0) is 42.1 Å². The van der Waals surface area contributed by atoms with Crippen LogP contribution in [0.4, 0.5) is 9.52 Å². The number of carbonyl (C=O) groups is 2. The Labute approximate surface area is 247 Å². The highest BCUT2D eigenvalue weighted by molar-refractivity contribution is 8.19. The number of rotatable bonds is 6. The monoisotopic (exact) mass is 604 g/mol. The fraction of sp³-hybridized carbons (Fsp3) is 0.0690. The van der Waals surface area contributed by atoms with E-state index in [0.29, 0.717) is 37.1 Å². The predicted octanol–water partition coefficient (Wildman–Crippen LogP) is 7.22. The zero-order valence-corrected chi connectivity index (χ0v) is 23.7. The summed E-state index contributed by atoms with van der Waals surface area (Å²) in [5.74, 6) is 0.577. The fourth-order valence-electron chi connectivity index (χ4n) is 3.70. The molecule has 0 atom stereocenters. The molecular formula is C29H21FN4O4S3. The standard InChI is InChI=1S/C18H14FNO2S.C11H7N3O2S2/c19-14-7-3-1-6-13(14)11-22-16-8-4-2-5-12(16)9-17-15(21)10-18(20)23-17;12-10-14(11-13-3-5-17-11)9(15)8(18-10)6-7-2-1-4-16-7/h1-9,20H,10-11H2;1-6,12H. The second-order valence-electron chi connectivity index (χ2n) is 8.44. The summed E-state index contributed by atoms with van der Waals surface area (Å²) in [6.45, 7) is 0.115. The lowest BCUT2D eigenvalue weighted by molar-refractivity contribution is -0.114. The van der Waals surface area contributed by atoms with Crippen LogP contribution in [-0.2, 0) is 16.2 Å². The van der Waals surface area contributed by atoms with E-state index in [-0.39, 0.29) is 35.7 Å². The van der Waals surface area contributed by atoms with E-state index in [1.165, 1.54) is 34.1 Å². The molecule has 4 aromatic rings. The average molecular weight is 605 g/mol. The fourth-order valence-corrected chi connectivity index (χ4v) is 6.07. The van der Waals surface area contributed by atoms with Gasteiger partial charge in [-0.2, -0.15) is 0 Å². The van der Waals surface area contributed by atoms with Gasteiger partial charge < -0.3 is 9.15 Å². The molecule has 206 valence electrons. The topological polar surface area (TPSA) is 120 Å². The van der Waals surface area contributed by atoms with Crippen molar-refractivity contribution in [1.82, 2.24) is 4.98 Å². The first-order chi connectivity index (χ1) is 19.9. The SMILES string of the molecule is N=C1CC(=O)C(=Cc2ccccc2OCc2ccccc2F)S1.N=C1SC(=Cc2ccco2)C(=O)N1c1nccs1. The molecule has 2 N–H and O–H groups in total. The molecule has 6 rings (SSSR count). The summed E-state index contributed by atoms with van der Waals surface area (Å²) in [5.41, 5.74) is 1.22. The maximum absolute atomic E-state index is 13.7. The minimum absolute atomic E-state index is 0.0519. The summed E-state index contributed by atoms with van der Waals surface area (Å²) in [5, 5.41) is 18.2. The van der Waals surface area contributed by atoms with Gasteiger partial charge in [0.2, 0.25) is 0 Å². The number of halogens is 1. The van der Waals surface area contributed by atoms with Crippen LogP contribution in [0.1, 0.15) is 23.3 Å². The van der Waals surface area contributed by atoms with Crippen molar-refractivity contribution in [3.63, 3.8) is 0 Å². The molecule has 1 amide bonds. The van der Waals surface area contributed by atoms with Crippen molar-refractivity contribution in [2.24, 2.45) is 0 Å². The summed E-state index contributed by atoms with van der Waals surface area (Å²) in [6, 6.07) is 17.3. The Bertz CT molecular complexity index is 1670. The number of carbonyl (C=O) groups excluding carboxylic acids is 2. The Kier molecular flexibility index (Phi) is 8.92. The molecule has 2 aromatic heterocycles. The molecule has 41 heavy (non-hydrogen) atoms. The van der Waals surface area contributed by atoms with Crippen molar-refractivity contribution in [2.75, 3.05) is 4.90 Å². The smallest absolute Gasteiger partial charge is 0.273 e. The lowest BCUT2D eigenvalue weighted by Gasteiger charge is -2.10. The van der Waals surface area contributed by atoms with Gasteiger partial charge >= 0.3 is 0 Å². The van der Waals surface area contributed by atoms with Crippen LogP contribution in [0.3, 0.4) is 0 Å². The summed E-state index contributed by atoms with van der Waals surface area (Å²) in [4.78, 5) is 30.3. The zero-order valence-electron chi connectivity index (χ0n) is 21.2. The van der Waals surface area contributed by atoms with Crippen LogP contribution >= 0.6 is 34.9 Å². The van der Waals surface area contributed by atoms with E-state index in [1.807, 2.05) is 18.2 Å². The highest BCUT2D eigenvalue weighted by Crippen LogP contribution is 2.36. The van der Waals surface area contributed by atoms with Crippen LogP contribution < -0.4 is 9.64 Å². The number of Topliss-reactive ketones (excluding diaryl/α,β-unsaturated/α-hetero) is 1. The Hall–Kier alpha value is -4.26. The first-order valence-electron chi connectivity index (χ1n) is 12.1. The van der Waals surface area contributed by atoms with Crippen molar-refractivity contribution in [3.8, 4) is 5.75 Å². The number of nitrogens with zero attached hydrogens (tertiary/aromatic N) is 2. The number of amides is 1. The number of ketones is 1. The van der Waals surface area contributed by atoms with Crippen molar-refractivity contribution in [1.29, 1.82) is 10.8 Å². The minimum atomic E-state index is -0.307. The number of amidine groups is 1. The van der Waals surface area contributed by atoms with Crippen LogP contribution in [0.25, 0.3) is 12.2 Å². The summed E-state index contributed by atoms with van der Waals surface area (Å²) >= 11 is 3.61. The van der Waals surface area contributed by atoms with E-state index in [9.17, 15) is 14.0 Å². The van der Waals surface area contributed by atoms with Crippen LogP contribution in [0.15, 0.2) is 92.7 Å². The molecule has 2 saturated heterocycles. The normalized spacial score (nSPS) is 17.0. The second-order valence-corrected chi connectivity index (χ2v) is 11.5. The van der Waals surface area contributed by atoms with Crippen molar-refractivity contribution < 1.29 is 23.1 Å². The minimum Gasteiger partial charge on any atom is -0.488 e. The van der Waals surface area contributed by atoms with Gasteiger partial charge in [-0.15, -0.1) is 11.3 Å². The lowest BCUT2D eigenvalue weighted by atomic mass is 10.1. The van der Waals surface area contributed by atoms with E-state index in [1.54, 1.807) is 66.4 Å². The zero-order chi connectivity index (χ0) is 28.8. The largest absolute Gasteiger partial charge is 0.488 e. The number of ether oxygens (including phenoxy) is 1. The van der Waals surface area contributed by atoms with Crippen LogP contribution in [0.2, 0.25) is 0 Å². The maximum atomic E-state index is 13.7. The molecule has 12 heteroatoms. The first-order valence-corrected chi connectivity index (χ1v) is 14.6. The molecule has 2 aliphatic heterocycles. The van der Waals surface area contributed by atoms with Crippen LogP contribution in [-0.4, -0.2) is 26.9 Å². The number of thioether (sulfide) groups is 2. The third kappa shape index (κ3) is 6.91. The van der Waals surface area contributed by atoms with Gasteiger partial charge in [0.05, 0.1) is 27.5 Å². The molecule has 0 unspecified atom stereocenters. The summed E-state index contributed by atoms with van der Waals surface area (Å²) in [7, 11) is 0. The number of hydrogen-bond acceptors (Lipinski definition) is 10. The molecule has 0 saturated carbocycles. The highest BCUT2D eigenvalue weighted by atomic mass is 32.2. The molecular weight excluding hydrogens is 584 g/mol. The van der Waals surface area contributed by atoms with Crippen molar-refractivity contribution >= 4 is 74.0 Å². The van der Waals surface area contributed by atoms with Gasteiger partial charge in [0.15, 0.2) is 16.1 Å². The van der Waals surface area contributed by atoms with E-state index < -0.39 is 0 Å². The molecule has 0 spiro atoms. The number of furan rings is 1. The highest BCUT2D eigenvalue weighted by Gasteiger charge is 2.35. The van der Waals surface area contributed by atoms with E-state index in [2.05, 4.69) is 4.98 Å². The number of para-hydroxylation sites is 1. The Morgan fingerprint density at radius 1 is 1.00 bits per heavy atom. The molecule has 0 bridgehead atoms. The quantitative estimate of drug-likeness (QED) is 0.223. The van der Waals surface area contributed by atoms with Gasteiger partial charge in [0.1, 0.15) is 23.9 Å². The number of benzene rings is 2. The van der Waals surface area contributed by atoms with Gasteiger partial charge in [0, 0.05) is 28.8 Å². The molecule has 4 heterocycles. The maximum Gasteiger partial charge on any atom is 0.273 e. The van der Waals surface area contributed by atoms with Gasteiger partial charge in [-0.1, -0.05) is 48.2 Å². The molecule has 2 aromatic carbocycles.